The van der Waals surface area contributed by atoms with Gasteiger partial charge in [0.05, 0.1) is 5.02 Å². The summed E-state index contributed by atoms with van der Waals surface area (Å²) in [6, 6.07) is 6.90. The van der Waals surface area contributed by atoms with E-state index in [1.807, 2.05) is 0 Å². The molecule has 0 unspecified atom stereocenters. The van der Waals surface area contributed by atoms with Crippen LogP contribution in [0.2, 0.25) is 5.02 Å². The molecule has 0 saturated heterocycles. The quantitative estimate of drug-likeness (QED) is 0.729. The molecule has 0 spiro atoms. The van der Waals surface area contributed by atoms with Gasteiger partial charge in [0, 0.05) is 18.7 Å². The molecule has 2 rings (SSSR count). The van der Waals surface area contributed by atoms with Gasteiger partial charge in [-0.2, -0.15) is 0 Å². The van der Waals surface area contributed by atoms with E-state index in [-0.39, 0.29) is 34.2 Å². The fraction of sp³-hybridized carbons (Fsp3) is 0.250. The minimum absolute atomic E-state index is 0.00301. The van der Waals surface area contributed by atoms with Gasteiger partial charge in [0.15, 0.2) is 0 Å². The van der Waals surface area contributed by atoms with Crippen LogP contribution in [0.1, 0.15) is 12.8 Å². The molecule has 130 valence electrons. The molecule has 2 aromatic rings. The van der Waals surface area contributed by atoms with E-state index >= 15 is 0 Å². The predicted octanol–water partition coefficient (Wildman–Crippen LogP) is 3.34. The molecule has 0 amide bonds. The highest BCUT2D eigenvalue weighted by molar-refractivity contribution is 7.89. The van der Waals surface area contributed by atoms with E-state index in [0.29, 0.717) is 12.8 Å². The van der Waals surface area contributed by atoms with Gasteiger partial charge in [-0.3, -0.25) is 0 Å². The first-order valence-corrected chi connectivity index (χ1v) is 9.07. The van der Waals surface area contributed by atoms with Gasteiger partial charge in [0.1, 0.15) is 16.5 Å². The van der Waals surface area contributed by atoms with Crippen LogP contribution < -0.4 is 4.72 Å². The van der Waals surface area contributed by atoms with Crippen molar-refractivity contribution in [2.24, 2.45) is 0 Å². The van der Waals surface area contributed by atoms with Crippen molar-refractivity contribution in [3.05, 3.63) is 53.1 Å². The van der Waals surface area contributed by atoms with Crippen LogP contribution in [-0.2, 0) is 10.0 Å². The summed E-state index contributed by atoms with van der Waals surface area (Å²) in [7, 11) is -3.82. The summed E-state index contributed by atoms with van der Waals surface area (Å²) in [6.45, 7) is 0.149. The average molecular weight is 376 g/mol. The monoisotopic (exact) mass is 375 g/mol. The number of hydrogen-bond acceptors (Lipinski definition) is 3. The number of rotatable bonds is 7. The van der Waals surface area contributed by atoms with Gasteiger partial charge in [-0.05, 0) is 48.7 Å². The smallest absolute Gasteiger partial charge is 0.242 e. The number of aliphatic hydroxyl groups is 1. The summed E-state index contributed by atoms with van der Waals surface area (Å²) in [6.07, 6.45) is 0.966. The summed E-state index contributed by atoms with van der Waals surface area (Å²) in [4.78, 5) is -0.145. The molecule has 0 bridgehead atoms. The van der Waals surface area contributed by atoms with Gasteiger partial charge in [-0.1, -0.05) is 17.7 Å². The summed E-state index contributed by atoms with van der Waals surface area (Å²) < 4.78 is 53.8. The van der Waals surface area contributed by atoms with Crippen LogP contribution in [0.3, 0.4) is 0 Å². The summed E-state index contributed by atoms with van der Waals surface area (Å²) in [5, 5.41) is 8.59. The number of nitrogens with one attached hydrogen (secondary N) is 1. The van der Waals surface area contributed by atoms with E-state index in [2.05, 4.69) is 4.72 Å². The molecule has 4 nitrogen and oxygen atoms in total. The maximum Gasteiger partial charge on any atom is 0.242 e. The van der Waals surface area contributed by atoms with Crippen molar-refractivity contribution in [1.29, 1.82) is 0 Å². The molecule has 0 atom stereocenters. The Bertz CT molecular complexity index is 828. The van der Waals surface area contributed by atoms with Crippen LogP contribution in [0.15, 0.2) is 41.3 Å². The first-order chi connectivity index (χ1) is 11.3. The van der Waals surface area contributed by atoms with Crippen molar-refractivity contribution in [3.8, 4) is 11.1 Å². The van der Waals surface area contributed by atoms with Gasteiger partial charge in [-0.25, -0.2) is 21.9 Å². The van der Waals surface area contributed by atoms with E-state index in [4.69, 9.17) is 16.7 Å². The lowest BCUT2D eigenvalue weighted by Gasteiger charge is -2.10. The molecule has 0 aliphatic rings. The van der Waals surface area contributed by atoms with Crippen molar-refractivity contribution >= 4 is 21.6 Å². The van der Waals surface area contributed by atoms with Gasteiger partial charge >= 0.3 is 0 Å². The number of benzene rings is 2. The largest absolute Gasteiger partial charge is 0.396 e. The Labute approximate surface area is 144 Å². The molecule has 0 aromatic heterocycles. The summed E-state index contributed by atoms with van der Waals surface area (Å²) >= 11 is 6.02. The zero-order chi connectivity index (χ0) is 17.7. The Hall–Kier alpha value is -1.54. The Kier molecular flexibility index (Phi) is 6.28. The van der Waals surface area contributed by atoms with Crippen LogP contribution in [0.25, 0.3) is 11.1 Å². The Balaban J connectivity index is 2.28. The van der Waals surface area contributed by atoms with E-state index in [9.17, 15) is 17.2 Å². The Morgan fingerprint density at radius 1 is 1.08 bits per heavy atom. The molecular weight excluding hydrogens is 360 g/mol. The van der Waals surface area contributed by atoms with Crippen molar-refractivity contribution < 1.29 is 22.3 Å². The molecule has 24 heavy (non-hydrogen) atoms. The number of aliphatic hydroxyl groups excluding tert-OH is 1. The van der Waals surface area contributed by atoms with Crippen LogP contribution >= 0.6 is 11.6 Å². The topological polar surface area (TPSA) is 66.4 Å². The molecule has 2 N–H and O–H groups in total. The Morgan fingerprint density at radius 2 is 1.83 bits per heavy atom. The normalized spacial score (nSPS) is 11.7. The van der Waals surface area contributed by atoms with E-state index in [1.54, 1.807) is 0 Å². The fourth-order valence-corrected chi connectivity index (χ4v) is 3.74. The third-order valence-electron chi connectivity index (χ3n) is 3.34. The van der Waals surface area contributed by atoms with Crippen LogP contribution in [-0.4, -0.2) is 26.7 Å². The van der Waals surface area contributed by atoms with Crippen LogP contribution in [0, 0.1) is 11.6 Å². The second-order valence-electron chi connectivity index (χ2n) is 5.10. The standard InChI is InChI=1S/C16H16ClF2NO3S/c17-14-9-11(13-10-12(18)4-5-15(13)19)3-6-16(14)24(22,23)20-7-1-2-8-21/h3-6,9-10,20-21H,1-2,7-8H2. The highest BCUT2D eigenvalue weighted by Crippen LogP contribution is 2.30. The van der Waals surface area contributed by atoms with Gasteiger partial charge in [0.25, 0.3) is 0 Å². The lowest BCUT2D eigenvalue weighted by atomic mass is 10.1. The molecule has 0 heterocycles. The van der Waals surface area contributed by atoms with E-state index in [1.165, 1.54) is 18.2 Å². The summed E-state index contributed by atoms with van der Waals surface area (Å²) in [5.41, 5.74) is 0.271. The maximum absolute atomic E-state index is 13.8. The minimum atomic E-state index is -3.82. The number of hydrogen-bond donors (Lipinski definition) is 2. The average Bonchev–Trinajstić information content (AvgIpc) is 2.53. The number of sulfonamides is 1. The minimum Gasteiger partial charge on any atom is -0.396 e. The van der Waals surface area contributed by atoms with Crippen molar-refractivity contribution in [3.63, 3.8) is 0 Å². The van der Waals surface area contributed by atoms with Gasteiger partial charge < -0.3 is 5.11 Å². The molecule has 0 saturated carbocycles. The van der Waals surface area contributed by atoms with E-state index in [0.717, 1.165) is 18.2 Å². The van der Waals surface area contributed by atoms with Crippen LogP contribution in [0.4, 0.5) is 8.78 Å². The van der Waals surface area contributed by atoms with Gasteiger partial charge in [0.2, 0.25) is 10.0 Å². The third-order valence-corrected chi connectivity index (χ3v) is 5.28. The molecule has 0 fully saturated rings. The molecule has 2 aromatic carbocycles. The second-order valence-corrected chi connectivity index (χ2v) is 7.24. The predicted molar refractivity (Wildman–Crippen MR) is 88.3 cm³/mol. The highest BCUT2D eigenvalue weighted by Gasteiger charge is 2.18. The first kappa shape index (κ1) is 18.8. The van der Waals surface area contributed by atoms with E-state index < -0.39 is 21.7 Å². The van der Waals surface area contributed by atoms with Crippen LogP contribution in [0.5, 0.6) is 0 Å². The lowest BCUT2D eigenvalue weighted by Crippen LogP contribution is -2.25. The highest BCUT2D eigenvalue weighted by atomic mass is 35.5. The van der Waals surface area contributed by atoms with Crippen molar-refractivity contribution in [2.45, 2.75) is 17.7 Å². The van der Waals surface area contributed by atoms with Crippen molar-refractivity contribution in [2.75, 3.05) is 13.2 Å². The first-order valence-electron chi connectivity index (χ1n) is 7.20. The number of halogens is 3. The zero-order valence-electron chi connectivity index (χ0n) is 12.6. The summed E-state index contributed by atoms with van der Waals surface area (Å²) in [5.74, 6) is -1.24. The fourth-order valence-electron chi connectivity index (χ4n) is 2.13. The SMILES string of the molecule is O=S(=O)(NCCCCO)c1ccc(-c2cc(F)ccc2F)cc1Cl. The second kappa shape index (κ2) is 8.02. The molecule has 8 heteroatoms. The maximum atomic E-state index is 13.8. The van der Waals surface area contributed by atoms with Gasteiger partial charge in [-0.15, -0.1) is 0 Å². The Morgan fingerprint density at radius 3 is 2.50 bits per heavy atom. The number of unbranched alkanes of at least 4 members (excludes halogenated alkanes) is 1. The van der Waals surface area contributed by atoms with Crippen molar-refractivity contribution in [1.82, 2.24) is 4.72 Å². The molecule has 0 aliphatic heterocycles. The molecular formula is C16H16ClF2NO3S. The zero-order valence-corrected chi connectivity index (χ0v) is 14.2. The molecule has 0 radical (unpaired) electrons. The lowest BCUT2D eigenvalue weighted by molar-refractivity contribution is 0.285. The third kappa shape index (κ3) is 4.51. The molecule has 0 aliphatic carbocycles.